The molecule has 3 rings (SSSR count). The number of nitro benzene ring substituents is 2. The third-order valence-corrected chi connectivity index (χ3v) is 4.66. The number of nitro groups is 2. The third-order valence-electron chi connectivity index (χ3n) is 4.31. The molecule has 0 saturated carbocycles. The van der Waals surface area contributed by atoms with Crippen molar-refractivity contribution in [3.05, 3.63) is 97.0 Å². The molecule has 166 valence electrons. The maximum absolute atomic E-state index is 13.1. The summed E-state index contributed by atoms with van der Waals surface area (Å²) in [4.78, 5) is 20.5. The summed E-state index contributed by atoms with van der Waals surface area (Å²) in [6, 6.07) is 13.7. The van der Waals surface area contributed by atoms with Crippen LogP contribution >= 0.6 is 11.6 Å². The van der Waals surface area contributed by atoms with E-state index in [0.717, 1.165) is 0 Å². The zero-order valence-electron chi connectivity index (χ0n) is 15.9. The maximum atomic E-state index is 13.1. The molecule has 0 unspecified atom stereocenters. The van der Waals surface area contributed by atoms with Crippen LogP contribution in [0.2, 0.25) is 5.02 Å². The highest BCUT2D eigenvalue weighted by molar-refractivity contribution is 6.31. The lowest BCUT2D eigenvalue weighted by Gasteiger charge is -2.15. The minimum absolute atomic E-state index is 0.183. The fourth-order valence-electron chi connectivity index (χ4n) is 2.84. The Bertz CT molecular complexity index is 1140. The topological polar surface area (TPSA) is 108 Å². The molecule has 0 aliphatic carbocycles. The van der Waals surface area contributed by atoms with Gasteiger partial charge in [0.15, 0.2) is 5.69 Å². The van der Waals surface area contributed by atoms with Gasteiger partial charge in [0.25, 0.3) is 11.4 Å². The average molecular weight is 468 g/mol. The molecule has 3 aromatic rings. The summed E-state index contributed by atoms with van der Waals surface area (Å²) in [6.45, 7) is -0.297. The summed E-state index contributed by atoms with van der Waals surface area (Å²) >= 11 is 6.22. The highest BCUT2D eigenvalue weighted by Gasteiger charge is 2.37. The molecule has 0 aromatic heterocycles. The van der Waals surface area contributed by atoms with Crippen molar-refractivity contribution >= 4 is 28.7 Å². The second-order valence-corrected chi connectivity index (χ2v) is 6.79. The molecule has 0 spiro atoms. The van der Waals surface area contributed by atoms with Crippen LogP contribution in [0, 0.1) is 20.2 Å². The van der Waals surface area contributed by atoms with Gasteiger partial charge in [0, 0.05) is 29.3 Å². The number of rotatable bonds is 7. The maximum Gasteiger partial charge on any atom is 0.416 e. The van der Waals surface area contributed by atoms with Gasteiger partial charge in [0.1, 0.15) is 11.5 Å². The Morgan fingerprint density at radius 3 is 2.06 bits per heavy atom. The zero-order valence-corrected chi connectivity index (χ0v) is 16.7. The van der Waals surface area contributed by atoms with Gasteiger partial charge < -0.3 is 10.1 Å². The van der Waals surface area contributed by atoms with Crippen LogP contribution in [0.4, 0.5) is 30.2 Å². The Hall–Kier alpha value is -3.86. The Balaban J connectivity index is 2.02. The predicted octanol–water partition coefficient (Wildman–Crippen LogP) is 6.58. The van der Waals surface area contributed by atoms with Crippen LogP contribution in [0.15, 0.2) is 60.7 Å². The number of hydrogen-bond acceptors (Lipinski definition) is 6. The van der Waals surface area contributed by atoms with Crippen LogP contribution in [0.1, 0.15) is 11.1 Å². The lowest BCUT2D eigenvalue weighted by molar-refractivity contribution is -0.392. The minimum atomic E-state index is -5.01. The molecule has 0 saturated heterocycles. The normalized spacial score (nSPS) is 11.1. The molecule has 0 heterocycles. The van der Waals surface area contributed by atoms with Crippen molar-refractivity contribution in [3.63, 3.8) is 0 Å². The lowest BCUT2D eigenvalue weighted by atomic mass is 10.1. The summed E-state index contributed by atoms with van der Waals surface area (Å²) in [5.41, 5.74) is -4.08. The molecule has 0 fully saturated rings. The van der Waals surface area contributed by atoms with E-state index < -0.39 is 38.6 Å². The smallest absolute Gasteiger partial charge is 0.416 e. The van der Waals surface area contributed by atoms with E-state index in [0.29, 0.717) is 11.3 Å². The molecule has 1 N–H and O–H groups in total. The van der Waals surface area contributed by atoms with E-state index in [1.165, 1.54) is 6.07 Å². The number of nitrogens with one attached hydrogen (secondary N) is 1. The van der Waals surface area contributed by atoms with Crippen LogP contribution < -0.4 is 10.1 Å². The van der Waals surface area contributed by atoms with Gasteiger partial charge in [-0.15, -0.1) is 0 Å². The largest absolute Gasteiger partial charge is 0.457 e. The molecule has 3 aromatic carbocycles. The lowest BCUT2D eigenvalue weighted by Crippen LogP contribution is -2.11. The Labute approximate surface area is 183 Å². The van der Waals surface area contributed by atoms with E-state index in [9.17, 15) is 33.4 Å². The fourth-order valence-corrected chi connectivity index (χ4v) is 3.08. The van der Waals surface area contributed by atoms with Gasteiger partial charge in [-0.25, -0.2) is 0 Å². The highest BCUT2D eigenvalue weighted by Crippen LogP contribution is 2.42. The Morgan fingerprint density at radius 2 is 1.53 bits per heavy atom. The molecule has 8 nitrogen and oxygen atoms in total. The van der Waals surface area contributed by atoms with Gasteiger partial charge in [-0.3, -0.25) is 20.2 Å². The third kappa shape index (κ3) is 5.06. The molecule has 0 radical (unpaired) electrons. The second kappa shape index (κ2) is 9.10. The highest BCUT2D eigenvalue weighted by atomic mass is 35.5. The zero-order chi connectivity index (χ0) is 23.5. The van der Waals surface area contributed by atoms with Gasteiger partial charge in [-0.1, -0.05) is 35.9 Å². The Kier molecular flexibility index (Phi) is 6.49. The van der Waals surface area contributed by atoms with Crippen LogP contribution in [0.25, 0.3) is 0 Å². The van der Waals surface area contributed by atoms with Crippen molar-refractivity contribution in [1.82, 2.24) is 0 Å². The van der Waals surface area contributed by atoms with E-state index in [-0.39, 0.29) is 29.4 Å². The van der Waals surface area contributed by atoms with Gasteiger partial charge >= 0.3 is 6.18 Å². The van der Waals surface area contributed by atoms with Crippen LogP contribution in [-0.4, -0.2) is 9.85 Å². The average Bonchev–Trinajstić information content (AvgIpc) is 2.72. The summed E-state index contributed by atoms with van der Waals surface area (Å²) in [5.74, 6) is 0.718. The first-order chi connectivity index (χ1) is 15.1. The molecular weight excluding hydrogens is 455 g/mol. The van der Waals surface area contributed by atoms with E-state index in [1.807, 2.05) is 0 Å². The molecule has 0 bridgehead atoms. The van der Waals surface area contributed by atoms with E-state index in [4.69, 9.17) is 16.3 Å². The molecule has 0 aliphatic heterocycles. The molecule has 0 atom stereocenters. The first-order valence-corrected chi connectivity index (χ1v) is 9.24. The van der Waals surface area contributed by atoms with Gasteiger partial charge in [0.05, 0.1) is 15.4 Å². The van der Waals surface area contributed by atoms with Crippen molar-refractivity contribution < 1.29 is 27.8 Å². The second-order valence-electron chi connectivity index (χ2n) is 6.39. The number of para-hydroxylation sites is 1. The summed E-state index contributed by atoms with van der Waals surface area (Å²) < 4.78 is 45.0. The van der Waals surface area contributed by atoms with Crippen molar-refractivity contribution in [2.45, 2.75) is 12.7 Å². The van der Waals surface area contributed by atoms with Crippen molar-refractivity contribution in [2.24, 2.45) is 0 Å². The SMILES string of the molecule is O=[N+]([O-])c1cc(C(F)(F)F)cc([N+](=O)[O-])c1NCc1c(Cl)cccc1Oc1ccccc1. The number of benzene rings is 3. The number of hydrogen-bond donors (Lipinski definition) is 1. The molecular formula is C20H13ClF3N3O5. The summed E-state index contributed by atoms with van der Waals surface area (Å²) in [7, 11) is 0. The standard InChI is InChI=1S/C20H13ClF3N3O5/c21-15-7-4-8-18(32-13-5-2-1-3-6-13)14(15)11-25-19-16(26(28)29)9-12(20(22,23)24)10-17(19)27(30)31/h1-10,25H,11H2. The number of nitrogens with zero attached hydrogens (tertiary/aromatic N) is 2. The number of alkyl halides is 3. The first kappa shape index (κ1) is 22.8. The van der Waals surface area contributed by atoms with Crippen molar-refractivity contribution in [2.75, 3.05) is 5.32 Å². The van der Waals surface area contributed by atoms with Gasteiger partial charge in [-0.2, -0.15) is 13.2 Å². The summed E-state index contributed by atoms with van der Waals surface area (Å²) in [5, 5.41) is 25.4. The minimum Gasteiger partial charge on any atom is -0.457 e. The fraction of sp³-hybridized carbons (Fsp3) is 0.100. The van der Waals surface area contributed by atoms with Crippen molar-refractivity contribution in [3.8, 4) is 11.5 Å². The van der Waals surface area contributed by atoms with E-state index in [2.05, 4.69) is 5.32 Å². The molecule has 0 amide bonds. The molecule has 12 heteroatoms. The predicted molar refractivity (Wildman–Crippen MR) is 110 cm³/mol. The van der Waals surface area contributed by atoms with Crippen molar-refractivity contribution in [1.29, 1.82) is 0 Å². The molecule has 32 heavy (non-hydrogen) atoms. The quantitative estimate of drug-likeness (QED) is 0.310. The van der Waals surface area contributed by atoms with Crippen LogP contribution in [-0.2, 0) is 12.7 Å². The van der Waals surface area contributed by atoms with Gasteiger partial charge in [0.2, 0.25) is 0 Å². The number of halogens is 4. The summed E-state index contributed by atoms with van der Waals surface area (Å²) in [6.07, 6.45) is -5.01. The van der Waals surface area contributed by atoms with Crippen LogP contribution in [0.3, 0.4) is 0 Å². The van der Waals surface area contributed by atoms with Gasteiger partial charge in [-0.05, 0) is 24.3 Å². The number of anilines is 1. The van der Waals surface area contributed by atoms with E-state index >= 15 is 0 Å². The number of ether oxygens (including phenoxy) is 1. The van der Waals surface area contributed by atoms with E-state index in [1.54, 1.807) is 42.5 Å². The first-order valence-electron chi connectivity index (χ1n) is 8.86. The van der Waals surface area contributed by atoms with Crippen LogP contribution in [0.5, 0.6) is 11.5 Å². The monoisotopic (exact) mass is 467 g/mol. The molecule has 0 aliphatic rings. The Morgan fingerprint density at radius 1 is 0.938 bits per heavy atom.